The fourth-order valence-corrected chi connectivity index (χ4v) is 5.68. The van der Waals surface area contributed by atoms with Gasteiger partial charge in [0, 0.05) is 51.6 Å². The molecule has 0 aliphatic rings. The molecule has 1 atom stereocenters. The van der Waals surface area contributed by atoms with Gasteiger partial charge >= 0.3 is 0 Å². The molecule has 3 aromatic rings. The quantitative estimate of drug-likeness (QED) is 0.368. The highest BCUT2D eigenvalue weighted by molar-refractivity contribution is 7.09. The second-order valence-electron chi connectivity index (χ2n) is 10.2. The van der Waals surface area contributed by atoms with Crippen molar-refractivity contribution < 1.29 is 0 Å². The van der Waals surface area contributed by atoms with Crippen LogP contribution in [-0.4, -0.2) is 19.5 Å². The van der Waals surface area contributed by atoms with Gasteiger partial charge in [0.1, 0.15) is 5.82 Å². The maximum atomic E-state index is 4.93. The number of imidazole rings is 1. The van der Waals surface area contributed by atoms with Crippen molar-refractivity contribution in [2.75, 3.05) is 0 Å². The molecule has 0 aliphatic heterocycles. The van der Waals surface area contributed by atoms with Crippen molar-refractivity contribution in [1.29, 1.82) is 0 Å². The summed E-state index contributed by atoms with van der Waals surface area (Å²) in [7, 11) is 2.12. The first-order valence-corrected chi connectivity index (χ1v) is 12.5. The average Bonchev–Trinajstić information content (AvgIpc) is 3.42. The molecule has 0 amide bonds. The van der Waals surface area contributed by atoms with Gasteiger partial charge in [-0.25, -0.2) is 9.97 Å². The van der Waals surface area contributed by atoms with Gasteiger partial charge < -0.3 is 4.57 Å². The van der Waals surface area contributed by atoms with Gasteiger partial charge in [-0.1, -0.05) is 34.6 Å². The van der Waals surface area contributed by atoms with Crippen molar-refractivity contribution in [1.82, 2.24) is 19.5 Å². The summed E-state index contributed by atoms with van der Waals surface area (Å²) in [4.78, 5) is 15.1. The summed E-state index contributed by atoms with van der Waals surface area (Å²) in [6, 6.07) is 0. The van der Waals surface area contributed by atoms with E-state index in [0.29, 0.717) is 0 Å². The van der Waals surface area contributed by atoms with E-state index in [1.54, 1.807) is 22.7 Å². The molecular weight excluding hydrogens is 408 g/mol. The summed E-state index contributed by atoms with van der Waals surface area (Å²) in [6.45, 7) is 16.0. The van der Waals surface area contributed by atoms with Crippen molar-refractivity contribution in [2.45, 2.75) is 90.4 Å². The van der Waals surface area contributed by atoms with E-state index in [-0.39, 0.29) is 16.2 Å². The molecule has 4 nitrogen and oxygen atoms in total. The number of nitrogens with zero attached hydrogens (tertiary/aromatic N) is 4. The lowest BCUT2D eigenvalue weighted by Crippen LogP contribution is -2.30. The van der Waals surface area contributed by atoms with Crippen LogP contribution in [0.25, 0.3) is 0 Å². The minimum atomic E-state index is 0.0532. The molecule has 0 saturated carbocycles. The molecule has 3 rings (SSSR count). The van der Waals surface area contributed by atoms with E-state index >= 15 is 0 Å². The normalized spacial score (nSPS) is 14.8. The summed E-state index contributed by atoms with van der Waals surface area (Å²) < 4.78 is 2.23. The molecule has 1 unspecified atom stereocenters. The molecule has 0 N–H and O–H groups in total. The SMILES string of the molecule is Cc1nc(C(C)(CCC(C)(C)c2cncs2)CCC(C)(C)c2cnc(C)n2C)cs1. The second-order valence-corrected chi connectivity index (χ2v) is 12.1. The standard InChI is InChI=1S/C24H36N4S2/c1-17-26-13-20(28(17)8)22(3,4)9-11-24(7,19-15-29-18(2)27-19)12-10-23(5,6)21-14-25-16-30-21/h13-16H,9-12H2,1-8H3. The number of rotatable bonds is 9. The Morgan fingerprint density at radius 2 is 1.57 bits per heavy atom. The Labute approximate surface area is 189 Å². The van der Waals surface area contributed by atoms with Crippen LogP contribution < -0.4 is 0 Å². The molecule has 6 heteroatoms. The van der Waals surface area contributed by atoms with Crippen molar-refractivity contribution in [2.24, 2.45) is 7.05 Å². The van der Waals surface area contributed by atoms with Crippen LogP contribution in [0.3, 0.4) is 0 Å². The molecule has 164 valence electrons. The van der Waals surface area contributed by atoms with Gasteiger partial charge in [-0.2, -0.15) is 0 Å². The van der Waals surface area contributed by atoms with Crippen LogP contribution in [0.15, 0.2) is 23.3 Å². The zero-order chi connectivity index (χ0) is 22.2. The van der Waals surface area contributed by atoms with Crippen molar-refractivity contribution in [3.63, 3.8) is 0 Å². The zero-order valence-corrected chi connectivity index (χ0v) is 21.4. The van der Waals surface area contributed by atoms with E-state index in [0.717, 1.165) is 36.5 Å². The topological polar surface area (TPSA) is 43.6 Å². The largest absolute Gasteiger partial charge is 0.335 e. The Hall–Kier alpha value is -1.53. The molecule has 3 aromatic heterocycles. The third kappa shape index (κ3) is 4.86. The van der Waals surface area contributed by atoms with E-state index in [1.165, 1.54) is 16.3 Å². The molecule has 0 fully saturated rings. The lowest BCUT2D eigenvalue weighted by molar-refractivity contribution is 0.294. The van der Waals surface area contributed by atoms with Gasteiger partial charge in [-0.3, -0.25) is 4.98 Å². The first kappa shape index (κ1) is 23.1. The summed E-state index contributed by atoms with van der Waals surface area (Å²) in [5.74, 6) is 1.07. The zero-order valence-electron chi connectivity index (χ0n) is 19.7. The molecule has 0 bridgehead atoms. The van der Waals surface area contributed by atoms with Gasteiger partial charge in [-0.05, 0) is 39.5 Å². The summed E-state index contributed by atoms with van der Waals surface area (Å²) >= 11 is 3.53. The first-order valence-electron chi connectivity index (χ1n) is 10.7. The number of hydrogen-bond donors (Lipinski definition) is 0. The van der Waals surface area contributed by atoms with E-state index < -0.39 is 0 Å². The Morgan fingerprint density at radius 1 is 0.900 bits per heavy atom. The molecule has 0 aromatic carbocycles. The van der Waals surface area contributed by atoms with Crippen LogP contribution >= 0.6 is 22.7 Å². The smallest absolute Gasteiger partial charge is 0.105 e. The predicted molar refractivity (Wildman–Crippen MR) is 129 cm³/mol. The molecule has 0 spiro atoms. The summed E-state index contributed by atoms with van der Waals surface area (Å²) in [5.41, 5.74) is 4.75. The highest BCUT2D eigenvalue weighted by atomic mass is 32.1. The minimum Gasteiger partial charge on any atom is -0.335 e. The average molecular weight is 445 g/mol. The highest BCUT2D eigenvalue weighted by Gasteiger charge is 2.35. The first-order chi connectivity index (χ1) is 13.9. The van der Waals surface area contributed by atoms with Crippen molar-refractivity contribution in [3.05, 3.63) is 50.4 Å². The number of thiazole rings is 2. The Bertz CT molecular complexity index is 965. The second kappa shape index (κ2) is 8.54. The van der Waals surface area contributed by atoms with E-state index in [2.05, 4.69) is 75.4 Å². The van der Waals surface area contributed by atoms with Crippen LogP contribution in [0.1, 0.15) is 87.4 Å². The van der Waals surface area contributed by atoms with Crippen LogP contribution in [0.5, 0.6) is 0 Å². The van der Waals surface area contributed by atoms with E-state index in [9.17, 15) is 0 Å². The minimum absolute atomic E-state index is 0.0532. The third-order valence-electron chi connectivity index (χ3n) is 6.85. The number of aryl methyl sites for hydroxylation is 2. The highest BCUT2D eigenvalue weighted by Crippen LogP contribution is 2.42. The maximum Gasteiger partial charge on any atom is 0.105 e. The molecular formula is C24H36N4S2. The van der Waals surface area contributed by atoms with Gasteiger partial charge in [0.05, 0.1) is 16.2 Å². The summed E-state index contributed by atoms with van der Waals surface area (Å²) in [6.07, 6.45) is 8.51. The van der Waals surface area contributed by atoms with E-state index in [1.807, 2.05) is 17.9 Å². The van der Waals surface area contributed by atoms with Crippen molar-refractivity contribution in [3.8, 4) is 0 Å². The molecule has 30 heavy (non-hydrogen) atoms. The number of aromatic nitrogens is 4. The Morgan fingerprint density at radius 3 is 2.07 bits per heavy atom. The molecule has 0 radical (unpaired) electrons. The van der Waals surface area contributed by atoms with Crippen LogP contribution in [0.4, 0.5) is 0 Å². The summed E-state index contributed by atoms with van der Waals surface area (Å²) in [5, 5.41) is 3.43. The fourth-order valence-electron chi connectivity index (χ4n) is 4.13. The van der Waals surface area contributed by atoms with Gasteiger partial charge in [0.25, 0.3) is 0 Å². The lowest BCUT2D eigenvalue weighted by atomic mass is 9.70. The fraction of sp³-hybridized carbons (Fsp3) is 0.625. The van der Waals surface area contributed by atoms with Crippen LogP contribution in [-0.2, 0) is 23.3 Å². The van der Waals surface area contributed by atoms with Crippen LogP contribution in [0.2, 0.25) is 0 Å². The van der Waals surface area contributed by atoms with E-state index in [4.69, 9.17) is 4.98 Å². The monoisotopic (exact) mass is 444 g/mol. The molecule has 0 saturated heterocycles. The van der Waals surface area contributed by atoms with Gasteiger partial charge in [0.2, 0.25) is 0 Å². The number of hydrogen-bond acceptors (Lipinski definition) is 5. The third-order valence-corrected chi connectivity index (χ3v) is 8.77. The van der Waals surface area contributed by atoms with Crippen molar-refractivity contribution >= 4 is 22.7 Å². The molecule has 0 aliphatic carbocycles. The maximum absolute atomic E-state index is 4.93. The van der Waals surface area contributed by atoms with Crippen LogP contribution in [0, 0.1) is 13.8 Å². The molecule has 3 heterocycles. The Balaban J connectivity index is 1.81. The lowest BCUT2D eigenvalue weighted by Gasteiger charge is -2.35. The Kier molecular flexibility index (Phi) is 6.59. The predicted octanol–water partition coefficient (Wildman–Crippen LogP) is 6.72. The van der Waals surface area contributed by atoms with Gasteiger partial charge in [-0.15, -0.1) is 22.7 Å². The van der Waals surface area contributed by atoms with Gasteiger partial charge in [0.15, 0.2) is 0 Å².